The van der Waals surface area contributed by atoms with Gasteiger partial charge < -0.3 is 18.9 Å². The third kappa shape index (κ3) is 6.67. The number of Topliss-reactive ketones (excluding diaryl/α,β-unsaturated/α-hetero) is 1. The molecule has 35 heavy (non-hydrogen) atoms. The number of benzene rings is 2. The first-order chi connectivity index (χ1) is 16.7. The first-order valence-corrected chi connectivity index (χ1v) is 11.5. The second kappa shape index (κ2) is 10.6. The number of hydrogen-bond acceptors (Lipinski definition) is 7. The van der Waals surface area contributed by atoms with Crippen LogP contribution in [0.2, 0.25) is 0 Å². The van der Waals surface area contributed by atoms with E-state index >= 15 is 0 Å². The maximum absolute atomic E-state index is 12.9. The van der Waals surface area contributed by atoms with E-state index in [1.807, 2.05) is 0 Å². The number of carbonyl (C=O) groups is 2. The van der Waals surface area contributed by atoms with Crippen LogP contribution in [0.3, 0.4) is 0 Å². The zero-order chi connectivity index (χ0) is 25.0. The molecule has 2 aromatic carbocycles. The molecule has 1 saturated heterocycles. The van der Waals surface area contributed by atoms with Gasteiger partial charge in [-0.15, -0.1) is 0 Å². The lowest BCUT2D eigenvalue weighted by atomic mass is 10.1. The summed E-state index contributed by atoms with van der Waals surface area (Å²) in [5, 5.41) is -0.470. The van der Waals surface area contributed by atoms with Gasteiger partial charge in [-0.1, -0.05) is 36.0 Å². The summed E-state index contributed by atoms with van der Waals surface area (Å²) in [7, 11) is 0. The summed E-state index contributed by atoms with van der Waals surface area (Å²) in [5.41, 5.74) is 0.622. The molecule has 0 radical (unpaired) electrons. The third-order valence-electron chi connectivity index (χ3n) is 5.30. The highest BCUT2D eigenvalue weighted by Crippen LogP contribution is 2.32. The lowest BCUT2D eigenvalue weighted by Gasteiger charge is -2.20. The van der Waals surface area contributed by atoms with Gasteiger partial charge in [0.15, 0.2) is 16.7 Å². The Labute approximate surface area is 203 Å². The van der Waals surface area contributed by atoms with Crippen LogP contribution in [0.4, 0.5) is 13.2 Å². The van der Waals surface area contributed by atoms with Crippen molar-refractivity contribution in [3.8, 4) is 5.75 Å². The SMILES string of the molecule is C=C1OC=C(COC(COc2ccc(CC3SC(=O)CC3=O)cc2)c2ccc(C(F)(F)F)cc2)O1. The summed E-state index contributed by atoms with van der Waals surface area (Å²) in [6.07, 6.45) is -3.37. The Kier molecular flexibility index (Phi) is 7.51. The van der Waals surface area contributed by atoms with Gasteiger partial charge in [-0.3, -0.25) is 9.59 Å². The molecule has 2 aliphatic rings. The van der Waals surface area contributed by atoms with Crippen molar-refractivity contribution in [2.45, 2.75) is 30.4 Å². The zero-order valence-corrected chi connectivity index (χ0v) is 19.2. The second-order valence-corrected chi connectivity index (χ2v) is 9.14. The molecule has 0 bridgehead atoms. The molecule has 0 aromatic heterocycles. The second-order valence-electron chi connectivity index (χ2n) is 7.88. The Morgan fingerprint density at radius 1 is 1.09 bits per heavy atom. The van der Waals surface area contributed by atoms with Gasteiger partial charge in [-0.2, -0.15) is 13.2 Å². The third-order valence-corrected chi connectivity index (χ3v) is 6.42. The number of ether oxygens (including phenoxy) is 4. The van der Waals surface area contributed by atoms with Crippen LogP contribution in [-0.4, -0.2) is 29.4 Å². The van der Waals surface area contributed by atoms with Gasteiger partial charge in [0.05, 0.1) is 17.2 Å². The van der Waals surface area contributed by atoms with Crippen LogP contribution in [0.5, 0.6) is 5.75 Å². The van der Waals surface area contributed by atoms with Gasteiger partial charge in [0.1, 0.15) is 31.3 Å². The molecule has 1 fully saturated rings. The lowest BCUT2D eigenvalue weighted by Crippen LogP contribution is -2.16. The first kappa shape index (κ1) is 24.9. The summed E-state index contributed by atoms with van der Waals surface area (Å²) in [6.45, 7) is 3.54. The van der Waals surface area contributed by atoms with Crippen LogP contribution in [0.1, 0.15) is 29.2 Å². The monoisotopic (exact) mass is 506 g/mol. The number of thioether (sulfide) groups is 1. The van der Waals surface area contributed by atoms with Gasteiger partial charge in [0, 0.05) is 0 Å². The van der Waals surface area contributed by atoms with E-state index in [0.717, 1.165) is 29.5 Å². The van der Waals surface area contributed by atoms with Crippen LogP contribution < -0.4 is 4.74 Å². The van der Waals surface area contributed by atoms with Crippen LogP contribution in [0.25, 0.3) is 0 Å². The summed E-state index contributed by atoms with van der Waals surface area (Å²) in [6, 6.07) is 11.7. The highest BCUT2D eigenvalue weighted by atomic mass is 32.2. The molecule has 0 spiro atoms. The standard InChI is InChI=1S/C25H21F3O6S/c1-15-31-12-20(34-15)13-33-22(17-4-6-18(7-5-17)25(26,27)28)14-32-19-8-2-16(3-9-19)10-23-21(29)11-24(30)35-23/h2-9,12,22-23H,1,10-11,13-14H2. The van der Waals surface area contributed by atoms with Gasteiger partial charge in [0.2, 0.25) is 0 Å². The van der Waals surface area contributed by atoms with E-state index in [1.54, 1.807) is 24.3 Å². The topological polar surface area (TPSA) is 71.1 Å². The fourth-order valence-electron chi connectivity index (χ4n) is 3.48. The summed E-state index contributed by atoms with van der Waals surface area (Å²) >= 11 is 1.07. The average Bonchev–Trinajstić information content (AvgIpc) is 3.38. The Morgan fingerprint density at radius 2 is 1.80 bits per heavy atom. The molecule has 2 heterocycles. The fraction of sp³-hybridized carbons (Fsp3) is 0.280. The molecule has 0 amide bonds. The molecule has 4 rings (SSSR count). The number of ketones is 1. The number of rotatable bonds is 9. The first-order valence-electron chi connectivity index (χ1n) is 10.6. The van der Waals surface area contributed by atoms with E-state index in [0.29, 0.717) is 23.5 Å². The van der Waals surface area contributed by atoms with Crippen molar-refractivity contribution in [1.29, 1.82) is 0 Å². The molecule has 6 nitrogen and oxygen atoms in total. The van der Waals surface area contributed by atoms with Crippen molar-refractivity contribution in [3.05, 3.63) is 89.8 Å². The van der Waals surface area contributed by atoms with E-state index in [2.05, 4.69) is 6.58 Å². The predicted molar refractivity (Wildman–Crippen MR) is 121 cm³/mol. The van der Waals surface area contributed by atoms with E-state index < -0.39 is 17.8 Å². The summed E-state index contributed by atoms with van der Waals surface area (Å²) in [5.74, 6) is 0.929. The fourth-order valence-corrected chi connectivity index (χ4v) is 4.52. The lowest BCUT2D eigenvalue weighted by molar-refractivity contribution is -0.137. The minimum absolute atomic E-state index is 0.00118. The average molecular weight is 506 g/mol. The Balaban J connectivity index is 1.40. The van der Waals surface area contributed by atoms with Crippen molar-refractivity contribution in [3.63, 3.8) is 0 Å². The molecule has 0 saturated carbocycles. The normalized spacial score (nSPS) is 18.8. The van der Waals surface area contributed by atoms with Crippen molar-refractivity contribution < 1.29 is 41.7 Å². The Bertz CT molecular complexity index is 1130. The largest absolute Gasteiger partial charge is 0.491 e. The summed E-state index contributed by atoms with van der Waals surface area (Å²) in [4.78, 5) is 23.3. The van der Waals surface area contributed by atoms with Crippen molar-refractivity contribution in [1.82, 2.24) is 0 Å². The van der Waals surface area contributed by atoms with Crippen molar-refractivity contribution in [2.24, 2.45) is 0 Å². The van der Waals surface area contributed by atoms with Gasteiger partial charge in [0.25, 0.3) is 5.95 Å². The molecule has 2 atom stereocenters. The van der Waals surface area contributed by atoms with Gasteiger partial charge >= 0.3 is 6.18 Å². The molecule has 0 aliphatic carbocycles. The minimum atomic E-state index is -4.44. The van der Waals surface area contributed by atoms with Gasteiger partial charge in [-0.25, -0.2) is 0 Å². The van der Waals surface area contributed by atoms with Crippen LogP contribution in [-0.2, 0) is 36.4 Å². The Hall–Kier alpha value is -3.24. The molecular weight excluding hydrogens is 485 g/mol. The van der Waals surface area contributed by atoms with Crippen LogP contribution in [0, 0.1) is 0 Å². The van der Waals surface area contributed by atoms with Crippen LogP contribution >= 0.6 is 11.8 Å². The van der Waals surface area contributed by atoms with Crippen LogP contribution in [0.15, 0.2) is 73.1 Å². The molecule has 2 aliphatic heterocycles. The highest BCUT2D eigenvalue weighted by molar-refractivity contribution is 8.15. The molecule has 2 aromatic rings. The molecule has 10 heteroatoms. The molecule has 0 N–H and O–H groups in total. The van der Waals surface area contributed by atoms with Gasteiger partial charge in [-0.05, 0) is 48.4 Å². The molecule has 184 valence electrons. The summed E-state index contributed by atoms with van der Waals surface area (Å²) < 4.78 is 60.8. The quantitative estimate of drug-likeness (QED) is 0.425. The molecule has 2 unspecified atom stereocenters. The zero-order valence-electron chi connectivity index (χ0n) is 18.4. The van der Waals surface area contributed by atoms with E-state index in [-0.39, 0.29) is 41.7 Å². The molecular formula is C25H21F3O6S. The number of alkyl halides is 3. The number of halogens is 3. The number of hydrogen-bond donors (Lipinski definition) is 0. The maximum Gasteiger partial charge on any atom is 0.416 e. The van der Waals surface area contributed by atoms with E-state index in [4.69, 9.17) is 18.9 Å². The van der Waals surface area contributed by atoms with Crippen molar-refractivity contribution in [2.75, 3.05) is 13.2 Å². The van der Waals surface area contributed by atoms with Crippen molar-refractivity contribution >= 4 is 22.7 Å². The smallest absolute Gasteiger partial charge is 0.416 e. The Morgan fingerprint density at radius 3 is 2.37 bits per heavy atom. The van der Waals surface area contributed by atoms with E-state index in [9.17, 15) is 22.8 Å². The number of carbonyl (C=O) groups excluding carboxylic acids is 2. The predicted octanol–water partition coefficient (Wildman–Crippen LogP) is 5.35. The maximum atomic E-state index is 12.9. The highest BCUT2D eigenvalue weighted by Gasteiger charge is 2.32. The minimum Gasteiger partial charge on any atom is -0.491 e. The van der Waals surface area contributed by atoms with E-state index in [1.165, 1.54) is 18.4 Å².